The number of phenols is 1. The number of aromatic hydroxyl groups is 1. The summed E-state index contributed by atoms with van der Waals surface area (Å²) in [6, 6.07) is -1.58. The Labute approximate surface area is 459 Å². The van der Waals surface area contributed by atoms with E-state index in [0.29, 0.717) is 34.9 Å². The summed E-state index contributed by atoms with van der Waals surface area (Å²) in [5.74, 6) is -12.2. The Morgan fingerprint density at radius 3 is 1.66 bits per heavy atom. The molecule has 0 saturated carbocycles. The molecule has 438 valence electrons. The number of hydrogen-bond donors (Lipinski definition) is 16. The number of H-pyrrole nitrogens is 1. The van der Waals surface area contributed by atoms with Gasteiger partial charge in [-0.3, -0.25) is 52.7 Å². The third-order valence-corrected chi connectivity index (χ3v) is 12.8. The molecule has 0 bridgehead atoms. The number of benzene rings is 2. The van der Waals surface area contributed by atoms with Crippen molar-refractivity contribution in [2.24, 2.45) is 17.6 Å². The van der Waals surface area contributed by atoms with E-state index in [-0.39, 0.29) is 49.8 Å². The highest BCUT2D eigenvalue weighted by Gasteiger charge is 2.41. The minimum atomic E-state index is -1.94. The van der Waals surface area contributed by atoms with Gasteiger partial charge in [0.2, 0.25) is 53.2 Å². The molecule has 9 atom stereocenters. The lowest BCUT2D eigenvalue weighted by molar-refractivity contribution is -0.143. The summed E-state index contributed by atoms with van der Waals surface area (Å²) in [6.07, 6.45) is 0.571. The molecule has 0 spiro atoms. The minimum absolute atomic E-state index is 0.0384. The second-order valence-electron chi connectivity index (χ2n) is 20.2. The number of carbonyl (C=O) groups excluding carboxylic acids is 9. The number of hydrogen-bond acceptors (Lipinski definition) is 16. The summed E-state index contributed by atoms with van der Waals surface area (Å²) in [6.45, 7) is 3.43. The Balaban J connectivity index is 1.52. The molecule has 1 aliphatic rings. The maximum absolute atomic E-state index is 14.3. The maximum Gasteiger partial charge on any atom is 0.322 e. The van der Waals surface area contributed by atoms with Gasteiger partial charge in [-0.2, -0.15) is 0 Å². The average molecular weight is 1120 g/mol. The third kappa shape index (κ3) is 19.3. The van der Waals surface area contributed by atoms with Crippen molar-refractivity contribution in [2.45, 2.75) is 127 Å². The lowest BCUT2D eigenvalue weighted by Crippen LogP contribution is -2.61. The van der Waals surface area contributed by atoms with Crippen molar-refractivity contribution >= 4 is 76.0 Å². The lowest BCUT2D eigenvalue weighted by atomic mass is 10.0. The van der Waals surface area contributed by atoms with Crippen LogP contribution in [-0.2, 0) is 65.6 Å². The van der Waals surface area contributed by atoms with Crippen LogP contribution in [0.25, 0.3) is 10.9 Å². The molecule has 17 N–H and O–H groups in total. The number of carbonyl (C=O) groups is 11. The van der Waals surface area contributed by atoms with E-state index in [1.165, 1.54) is 35.4 Å². The van der Waals surface area contributed by atoms with Crippen LogP contribution in [0, 0.1) is 11.8 Å². The van der Waals surface area contributed by atoms with Crippen molar-refractivity contribution in [1.82, 2.24) is 52.4 Å². The number of nitrogens with two attached hydrogens (primary N) is 1. The molecule has 2 heterocycles. The van der Waals surface area contributed by atoms with Crippen molar-refractivity contribution in [1.29, 1.82) is 0 Å². The first-order valence-corrected chi connectivity index (χ1v) is 25.9. The van der Waals surface area contributed by atoms with Crippen LogP contribution in [0.5, 0.6) is 5.75 Å². The van der Waals surface area contributed by atoms with Crippen LogP contribution < -0.4 is 48.3 Å². The molecule has 4 rings (SSSR count). The van der Waals surface area contributed by atoms with Gasteiger partial charge in [0, 0.05) is 36.5 Å². The molecule has 80 heavy (non-hydrogen) atoms. The lowest BCUT2D eigenvalue weighted by Gasteiger charge is -2.31. The number of aromatic amines is 1. The van der Waals surface area contributed by atoms with Gasteiger partial charge in [-0.25, -0.2) is 0 Å². The molecule has 0 aliphatic carbocycles. The van der Waals surface area contributed by atoms with Gasteiger partial charge in [-0.1, -0.05) is 58.0 Å². The first-order valence-electron chi connectivity index (χ1n) is 25.9. The smallest absolute Gasteiger partial charge is 0.322 e. The predicted molar refractivity (Wildman–Crippen MR) is 283 cm³/mol. The van der Waals surface area contributed by atoms with E-state index in [1.807, 2.05) is 13.8 Å². The summed E-state index contributed by atoms with van der Waals surface area (Å²) in [4.78, 5) is 151. The predicted octanol–water partition coefficient (Wildman–Crippen LogP) is -3.88. The van der Waals surface area contributed by atoms with Gasteiger partial charge in [0.25, 0.3) is 0 Å². The highest BCUT2D eigenvalue weighted by molar-refractivity contribution is 5.99. The van der Waals surface area contributed by atoms with Gasteiger partial charge in [-0.05, 0) is 66.8 Å². The van der Waals surface area contributed by atoms with Crippen molar-refractivity contribution in [3.8, 4) is 5.75 Å². The van der Waals surface area contributed by atoms with Gasteiger partial charge in [0.15, 0.2) is 0 Å². The van der Waals surface area contributed by atoms with Crippen LogP contribution in [-0.4, -0.2) is 193 Å². The molecular weight excluding hydrogens is 1050 g/mol. The van der Waals surface area contributed by atoms with Crippen LogP contribution >= 0.6 is 0 Å². The second kappa shape index (κ2) is 30.8. The van der Waals surface area contributed by atoms with E-state index in [2.05, 4.69) is 47.5 Å². The van der Waals surface area contributed by atoms with E-state index in [9.17, 15) is 78.3 Å². The number of aliphatic hydroxyl groups excluding tert-OH is 3. The van der Waals surface area contributed by atoms with E-state index >= 15 is 0 Å². The Kier molecular flexibility index (Phi) is 24.8. The Hall–Kier alpha value is -8.21. The molecular formula is C52H73N11O17. The zero-order valence-electron chi connectivity index (χ0n) is 44.7. The van der Waals surface area contributed by atoms with Crippen LogP contribution in [0.4, 0.5) is 0 Å². The molecule has 3 aromatic rings. The number of likely N-dealkylation sites (tertiary alicyclic amines) is 1. The van der Waals surface area contributed by atoms with Gasteiger partial charge in [0.1, 0.15) is 60.6 Å². The molecule has 1 saturated heterocycles. The molecule has 28 heteroatoms. The molecule has 1 aliphatic heterocycles. The van der Waals surface area contributed by atoms with E-state index in [4.69, 9.17) is 10.8 Å². The Morgan fingerprint density at radius 2 is 1.10 bits per heavy atom. The number of aliphatic carboxylic acids is 2. The molecule has 1 aromatic heterocycles. The average Bonchev–Trinajstić information content (AvgIpc) is 4.09. The topological polar surface area (TPSA) is 450 Å². The fourth-order valence-electron chi connectivity index (χ4n) is 8.78. The fourth-order valence-corrected chi connectivity index (χ4v) is 8.78. The highest BCUT2D eigenvalue weighted by atomic mass is 16.4. The van der Waals surface area contributed by atoms with Gasteiger partial charge in [0.05, 0.1) is 32.3 Å². The normalized spacial score (nSPS) is 16.2. The zero-order valence-corrected chi connectivity index (χ0v) is 44.7. The Morgan fingerprint density at radius 1 is 0.600 bits per heavy atom. The number of nitrogens with one attached hydrogen (secondary N) is 9. The molecule has 9 amide bonds. The molecule has 2 aromatic carbocycles. The minimum Gasteiger partial charge on any atom is -0.508 e. The molecule has 28 nitrogen and oxygen atoms in total. The number of amides is 9. The number of nitrogens with zero attached hydrogens (tertiary/aromatic N) is 1. The zero-order chi connectivity index (χ0) is 59.4. The summed E-state index contributed by atoms with van der Waals surface area (Å²) < 4.78 is 0. The summed E-state index contributed by atoms with van der Waals surface area (Å²) in [7, 11) is 0. The quantitative estimate of drug-likeness (QED) is 0.0293. The number of rotatable bonds is 31. The van der Waals surface area contributed by atoms with Crippen molar-refractivity contribution < 1.29 is 83.4 Å². The van der Waals surface area contributed by atoms with Crippen LogP contribution in [0.1, 0.15) is 70.9 Å². The summed E-state index contributed by atoms with van der Waals surface area (Å²) >= 11 is 0. The Bertz CT molecular complexity index is 2680. The van der Waals surface area contributed by atoms with Gasteiger partial charge < -0.3 is 88.8 Å². The first-order chi connectivity index (χ1) is 37.8. The number of fused-ring (bicyclic) bond motifs is 1. The number of aromatic nitrogens is 1. The van der Waals surface area contributed by atoms with Crippen molar-refractivity contribution in [3.05, 3.63) is 65.9 Å². The number of para-hydroxylation sites is 1. The van der Waals surface area contributed by atoms with Crippen LogP contribution in [0.2, 0.25) is 0 Å². The van der Waals surface area contributed by atoms with E-state index in [1.54, 1.807) is 38.1 Å². The number of aliphatic hydroxyl groups is 3. The molecule has 0 unspecified atom stereocenters. The van der Waals surface area contributed by atoms with Crippen LogP contribution in [0.3, 0.4) is 0 Å². The maximum atomic E-state index is 14.3. The van der Waals surface area contributed by atoms with E-state index in [0.717, 1.165) is 0 Å². The number of carboxylic acid groups (broad SMARTS) is 2. The SMILES string of the molecule is CC(C)C[C@H](NC(=O)[C@H](CO)NC(=O)[C@@H](N)CC(C)C)C(=O)N1CCC[C@H]1C(=O)N[C@@H](CO)C(=O)N[C@@H](CO)C(=O)N[C@@H](Cc1c[nH]c2ccccc12)C(=O)N[C@@H](CC(=O)O)C(=O)N[C@@H](Cc1ccc(O)cc1)C(=O)NCC(=O)O. The van der Waals surface area contributed by atoms with Crippen LogP contribution in [0.15, 0.2) is 54.7 Å². The third-order valence-electron chi connectivity index (χ3n) is 12.8. The highest BCUT2D eigenvalue weighted by Crippen LogP contribution is 2.22. The van der Waals surface area contributed by atoms with Gasteiger partial charge in [-0.15, -0.1) is 0 Å². The standard InChI is InChI=1S/C52H73N11O17/c1-26(2)16-32(53)44(72)60-38(23-64)49(77)59-37(17-27(3)4)52(80)63-15-7-10-41(63)51(79)62-40(25-66)50(78)61-39(24-65)48(76)57-35(19-29-21-54-33-9-6-5-8-31(29)33)46(74)58-36(20-42(68)69)47(75)56-34(45(73)55-22-43(70)71)18-28-11-13-30(67)14-12-28/h5-6,8-9,11-14,21,26-27,32,34-41,54,64-67H,7,10,15-20,22-25,53H2,1-4H3,(H,55,73)(H,56,75)(H,57,76)(H,58,74)(H,59,77)(H,60,72)(H,61,78)(H,62,79)(H,68,69)(H,70,71)/t32-,34-,35-,36-,37-,38-,39-,40-,41-/m0/s1. The molecule has 0 radical (unpaired) electrons. The molecule has 1 fully saturated rings. The fraction of sp³-hybridized carbons (Fsp3) is 0.519. The number of carboxylic acids is 2. The van der Waals surface area contributed by atoms with E-state index < -0.39 is 152 Å². The van der Waals surface area contributed by atoms with Gasteiger partial charge >= 0.3 is 11.9 Å². The number of phenolic OH excluding ortho intramolecular Hbond substituents is 1. The van der Waals surface area contributed by atoms with Crippen molar-refractivity contribution in [3.63, 3.8) is 0 Å². The summed E-state index contributed by atoms with van der Waals surface area (Å²) in [5, 5.41) is 78.8. The first kappa shape index (κ1) is 64.3. The second-order valence-corrected chi connectivity index (χ2v) is 20.2. The van der Waals surface area contributed by atoms with Crippen molar-refractivity contribution in [2.75, 3.05) is 32.9 Å². The largest absolute Gasteiger partial charge is 0.508 e. The summed E-state index contributed by atoms with van der Waals surface area (Å²) in [5.41, 5.74) is 7.37. The monoisotopic (exact) mass is 1120 g/mol.